The van der Waals surface area contributed by atoms with Crippen LogP contribution in [0.4, 0.5) is 0 Å². The van der Waals surface area contributed by atoms with Gasteiger partial charge in [-0.2, -0.15) is 13.6 Å². The monoisotopic (exact) mass is 385 g/mol. The highest BCUT2D eigenvalue weighted by Crippen LogP contribution is 2.19. The van der Waals surface area contributed by atoms with Crippen molar-refractivity contribution in [2.45, 2.75) is 84.0 Å². The van der Waals surface area contributed by atoms with Gasteiger partial charge in [0.25, 0.3) is 0 Å². The molecular formula is C20H35NO4S. The van der Waals surface area contributed by atoms with E-state index in [0.717, 1.165) is 6.42 Å². The van der Waals surface area contributed by atoms with Gasteiger partial charge in [-0.25, -0.2) is 0 Å². The summed E-state index contributed by atoms with van der Waals surface area (Å²) in [6, 6.07) is 6.42. The molecule has 0 heterocycles. The zero-order chi connectivity index (χ0) is 19.1. The van der Waals surface area contributed by atoms with E-state index in [1.54, 1.807) is 12.1 Å². The van der Waals surface area contributed by atoms with E-state index in [0.29, 0.717) is 12.4 Å². The van der Waals surface area contributed by atoms with Gasteiger partial charge in [-0.3, -0.25) is 0 Å². The molecule has 1 aromatic rings. The third kappa shape index (κ3) is 13.0. The van der Waals surface area contributed by atoms with Crippen LogP contribution in [0.2, 0.25) is 0 Å². The number of ether oxygens (including phenoxy) is 1. The lowest BCUT2D eigenvalue weighted by molar-refractivity contribution is 0.304. The van der Waals surface area contributed by atoms with Crippen molar-refractivity contribution in [1.82, 2.24) is 0 Å². The fraction of sp³-hybridized carbons (Fsp3) is 0.700. The van der Waals surface area contributed by atoms with Gasteiger partial charge in [0.15, 0.2) is 0 Å². The molecule has 0 saturated carbocycles. The van der Waals surface area contributed by atoms with Crippen molar-refractivity contribution >= 4 is 10.3 Å². The number of hydrogen-bond donors (Lipinski definition) is 1. The molecular weight excluding hydrogens is 350 g/mol. The number of hydrogen-bond acceptors (Lipinski definition) is 4. The molecule has 0 aliphatic rings. The standard InChI is InChI=1S/C20H35NO4S/c1-2-3-4-5-6-7-8-9-10-11-12-13-18-24-19-14-16-20(17-15-19)25-26(21,22)23/h14-17H,2-13,18H2,1H3,(H2,21,22,23). The quantitative estimate of drug-likeness (QED) is 0.389. The van der Waals surface area contributed by atoms with Crippen LogP contribution in [-0.2, 0) is 10.3 Å². The highest BCUT2D eigenvalue weighted by Gasteiger charge is 2.04. The molecule has 1 aromatic carbocycles. The molecule has 0 aromatic heterocycles. The molecule has 0 spiro atoms. The van der Waals surface area contributed by atoms with Crippen molar-refractivity contribution in [2.24, 2.45) is 5.14 Å². The molecule has 5 nitrogen and oxygen atoms in total. The predicted molar refractivity (Wildman–Crippen MR) is 107 cm³/mol. The van der Waals surface area contributed by atoms with Crippen LogP contribution in [0.3, 0.4) is 0 Å². The largest absolute Gasteiger partial charge is 0.494 e. The molecule has 0 fully saturated rings. The Balaban J connectivity index is 1.94. The fourth-order valence-corrected chi connectivity index (χ4v) is 3.24. The summed E-state index contributed by atoms with van der Waals surface area (Å²) in [5.74, 6) is 0.889. The topological polar surface area (TPSA) is 78.6 Å². The van der Waals surface area contributed by atoms with Gasteiger partial charge in [-0.05, 0) is 30.7 Å². The van der Waals surface area contributed by atoms with E-state index in [1.165, 1.54) is 82.8 Å². The average molecular weight is 386 g/mol. The minimum atomic E-state index is -3.97. The molecule has 0 bridgehead atoms. The van der Waals surface area contributed by atoms with Crippen LogP contribution in [-0.4, -0.2) is 15.0 Å². The summed E-state index contributed by atoms with van der Waals surface area (Å²) in [7, 11) is -3.97. The van der Waals surface area contributed by atoms with Gasteiger partial charge in [0.05, 0.1) is 6.61 Å². The molecule has 0 aliphatic heterocycles. The highest BCUT2D eigenvalue weighted by molar-refractivity contribution is 7.84. The van der Waals surface area contributed by atoms with Gasteiger partial charge < -0.3 is 8.92 Å². The number of rotatable bonds is 16. The Morgan fingerprint density at radius 2 is 1.15 bits per heavy atom. The van der Waals surface area contributed by atoms with Gasteiger partial charge in [0, 0.05) is 0 Å². The Morgan fingerprint density at radius 1 is 0.731 bits per heavy atom. The SMILES string of the molecule is CCCCCCCCCCCCCCOc1ccc(OS(N)(=O)=O)cc1. The molecule has 0 unspecified atom stereocenters. The Kier molecular flexibility index (Phi) is 12.1. The molecule has 150 valence electrons. The lowest BCUT2D eigenvalue weighted by Crippen LogP contribution is -2.18. The molecule has 0 radical (unpaired) electrons. The van der Waals surface area contributed by atoms with Gasteiger partial charge in [-0.1, -0.05) is 77.6 Å². The first-order chi connectivity index (χ1) is 12.5. The average Bonchev–Trinajstić information content (AvgIpc) is 2.59. The van der Waals surface area contributed by atoms with Crippen LogP contribution in [0.5, 0.6) is 11.5 Å². The van der Waals surface area contributed by atoms with Crippen LogP contribution >= 0.6 is 0 Å². The molecule has 2 N–H and O–H groups in total. The maximum absolute atomic E-state index is 10.8. The fourth-order valence-electron chi connectivity index (χ4n) is 2.86. The van der Waals surface area contributed by atoms with Crippen LogP contribution in [0.15, 0.2) is 24.3 Å². The van der Waals surface area contributed by atoms with Gasteiger partial charge >= 0.3 is 10.3 Å². The van der Waals surface area contributed by atoms with Crippen LogP contribution in [0.1, 0.15) is 84.0 Å². The van der Waals surface area contributed by atoms with Crippen molar-refractivity contribution in [3.8, 4) is 11.5 Å². The number of nitrogens with two attached hydrogens (primary N) is 1. The minimum Gasteiger partial charge on any atom is -0.494 e. The summed E-state index contributed by atoms with van der Waals surface area (Å²) < 4.78 is 31.9. The van der Waals surface area contributed by atoms with Crippen molar-refractivity contribution in [2.75, 3.05) is 6.61 Å². The first-order valence-electron chi connectivity index (χ1n) is 9.96. The molecule has 0 atom stereocenters. The van der Waals surface area contributed by atoms with E-state index >= 15 is 0 Å². The van der Waals surface area contributed by atoms with E-state index in [1.807, 2.05) is 0 Å². The van der Waals surface area contributed by atoms with Crippen LogP contribution in [0.25, 0.3) is 0 Å². The van der Waals surface area contributed by atoms with E-state index in [4.69, 9.17) is 9.88 Å². The maximum atomic E-state index is 10.8. The highest BCUT2D eigenvalue weighted by atomic mass is 32.2. The molecule has 26 heavy (non-hydrogen) atoms. The Hall–Kier alpha value is -1.27. The van der Waals surface area contributed by atoms with E-state index in [9.17, 15) is 8.42 Å². The van der Waals surface area contributed by atoms with Crippen molar-refractivity contribution in [1.29, 1.82) is 0 Å². The normalized spacial score (nSPS) is 11.5. The summed E-state index contributed by atoms with van der Waals surface area (Å²) in [5, 5.41) is 4.81. The van der Waals surface area contributed by atoms with E-state index < -0.39 is 10.3 Å². The molecule has 0 amide bonds. The summed E-state index contributed by atoms with van der Waals surface area (Å²) in [5.41, 5.74) is 0. The minimum absolute atomic E-state index is 0.185. The Labute approximate surface area is 159 Å². The van der Waals surface area contributed by atoms with Gasteiger partial charge in [-0.15, -0.1) is 0 Å². The third-order valence-electron chi connectivity index (χ3n) is 4.30. The summed E-state index contributed by atoms with van der Waals surface area (Å²) in [4.78, 5) is 0. The third-order valence-corrected chi connectivity index (χ3v) is 4.73. The van der Waals surface area contributed by atoms with Gasteiger partial charge in [0.1, 0.15) is 11.5 Å². The summed E-state index contributed by atoms with van der Waals surface area (Å²) in [6.45, 7) is 2.93. The van der Waals surface area contributed by atoms with Gasteiger partial charge in [0.2, 0.25) is 0 Å². The van der Waals surface area contributed by atoms with Crippen LogP contribution < -0.4 is 14.1 Å². The van der Waals surface area contributed by atoms with Crippen molar-refractivity contribution in [3.63, 3.8) is 0 Å². The zero-order valence-corrected chi connectivity index (χ0v) is 16.9. The second-order valence-corrected chi connectivity index (χ2v) is 7.94. The van der Waals surface area contributed by atoms with E-state index in [2.05, 4.69) is 11.1 Å². The number of benzene rings is 1. The lowest BCUT2D eigenvalue weighted by atomic mass is 10.1. The summed E-state index contributed by atoms with van der Waals surface area (Å²) in [6.07, 6.45) is 15.8. The van der Waals surface area contributed by atoms with Crippen molar-refractivity contribution < 1.29 is 17.3 Å². The first-order valence-corrected chi connectivity index (χ1v) is 11.4. The molecule has 0 aliphatic carbocycles. The smallest absolute Gasteiger partial charge is 0.380 e. The van der Waals surface area contributed by atoms with E-state index in [-0.39, 0.29) is 5.75 Å². The molecule has 0 saturated heterocycles. The Bertz CT molecular complexity index is 558. The van der Waals surface area contributed by atoms with Crippen LogP contribution in [0, 0.1) is 0 Å². The first kappa shape index (κ1) is 22.8. The zero-order valence-electron chi connectivity index (χ0n) is 16.1. The second-order valence-electron chi connectivity index (χ2n) is 6.79. The maximum Gasteiger partial charge on any atom is 0.380 e. The number of unbranched alkanes of at least 4 members (excludes halogenated alkanes) is 11. The Morgan fingerprint density at radius 3 is 1.62 bits per heavy atom. The van der Waals surface area contributed by atoms with Crippen molar-refractivity contribution in [3.05, 3.63) is 24.3 Å². The lowest BCUT2D eigenvalue weighted by Gasteiger charge is -2.07. The second kappa shape index (κ2) is 13.9. The molecule has 1 rings (SSSR count). The predicted octanol–water partition coefficient (Wildman–Crippen LogP) is 5.35. The summed E-state index contributed by atoms with van der Waals surface area (Å²) >= 11 is 0. The molecule has 6 heteroatoms.